The highest BCUT2D eigenvalue weighted by Gasteiger charge is 2.13. The maximum Gasteiger partial charge on any atom is 0.255 e. The van der Waals surface area contributed by atoms with Gasteiger partial charge in [0, 0.05) is 18.2 Å². The first-order chi connectivity index (χ1) is 12.8. The van der Waals surface area contributed by atoms with Crippen molar-refractivity contribution < 1.29 is 18.0 Å². The summed E-state index contributed by atoms with van der Waals surface area (Å²) in [6, 6.07) is 10.8. The lowest BCUT2D eigenvalue weighted by molar-refractivity contribution is -0.114. The molecule has 10 heteroatoms. The minimum atomic E-state index is -3.55. The van der Waals surface area contributed by atoms with Crippen LogP contribution in [0.2, 0.25) is 0 Å². The van der Waals surface area contributed by atoms with Gasteiger partial charge in [0.2, 0.25) is 15.9 Å². The van der Waals surface area contributed by atoms with Gasteiger partial charge in [-0.15, -0.1) is 0 Å². The molecular formula is C17H16N4O4S2. The van der Waals surface area contributed by atoms with Crippen molar-refractivity contribution in [3.63, 3.8) is 0 Å². The van der Waals surface area contributed by atoms with Crippen LogP contribution in [0.25, 0.3) is 10.2 Å². The Morgan fingerprint density at radius 2 is 1.74 bits per heavy atom. The van der Waals surface area contributed by atoms with Crippen molar-refractivity contribution >= 4 is 54.2 Å². The van der Waals surface area contributed by atoms with Crippen LogP contribution >= 0.6 is 11.3 Å². The van der Waals surface area contributed by atoms with Crippen molar-refractivity contribution in [3.05, 3.63) is 48.0 Å². The van der Waals surface area contributed by atoms with Gasteiger partial charge in [-0.1, -0.05) is 11.3 Å². The quantitative estimate of drug-likeness (QED) is 0.604. The molecule has 2 aromatic carbocycles. The van der Waals surface area contributed by atoms with Crippen LogP contribution in [-0.2, 0) is 14.8 Å². The molecule has 0 radical (unpaired) electrons. The molecule has 0 saturated heterocycles. The average Bonchev–Trinajstić information content (AvgIpc) is 3.02. The highest BCUT2D eigenvalue weighted by Crippen LogP contribution is 2.28. The van der Waals surface area contributed by atoms with Gasteiger partial charge in [-0.05, 0) is 49.5 Å². The molecule has 27 heavy (non-hydrogen) atoms. The van der Waals surface area contributed by atoms with Crippen LogP contribution in [-0.4, -0.2) is 32.3 Å². The number of nitrogens with zero attached hydrogens (tertiary/aromatic N) is 1. The average molecular weight is 404 g/mol. The Hall–Kier alpha value is -2.82. The van der Waals surface area contributed by atoms with E-state index in [1.807, 2.05) is 0 Å². The number of carbonyl (C=O) groups is 2. The van der Waals surface area contributed by atoms with Crippen molar-refractivity contribution in [2.75, 3.05) is 17.7 Å². The van der Waals surface area contributed by atoms with Crippen LogP contribution in [0.1, 0.15) is 17.3 Å². The molecule has 0 bridgehead atoms. The first-order valence-electron chi connectivity index (χ1n) is 7.81. The van der Waals surface area contributed by atoms with E-state index in [9.17, 15) is 18.0 Å². The van der Waals surface area contributed by atoms with Crippen LogP contribution in [0.4, 0.5) is 10.8 Å². The van der Waals surface area contributed by atoms with E-state index in [1.165, 1.54) is 49.6 Å². The number of benzene rings is 2. The van der Waals surface area contributed by atoms with E-state index in [1.54, 1.807) is 18.2 Å². The van der Waals surface area contributed by atoms with Crippen molar-refractivity contribution in [1.82, 2.24) is 9.71 Å². The first kappa shape index (κ1) is 19.0. The Morgan fingerprint density at radius 3 is 2.37 bits per heavy atom. The molecule has 0 unspecified atom stereocenters. The van der Waals surface area contributed by atoms with E-state index in [-0.39, 0.29) is 16.7 Å². The Kier molecular flexibility index (Phi) is 5.22. The van der Waals surface area contributed by atoms with Crippen molar-refractivity contribution in [2.45, 2.75) is 11.8 Å². The fourth-order valence-corrected chi connectivity index (χ4v) is 3.99. The summed E-state index contributed by atoms with van der Waals surface area (Å²) < 4.78 is 26.5. The zero-order valence-electron chi connectivity index (χ0n) is 14.4. The molecule has 0 aliphatic heterocycles. The molecule has 3 rings (SSSR count). The predicted octanol–water partition coefficient (Wildman–Crippen LogP) is 2.42. The van der Waals surface area contributed by atoms with Crippen LogP contribution < -0.4 is 15.4 Å². The van der Waals surface area contributed by atoms with E-state index in [2.05, 4.69) is 20.3 Å². The molecule has 8 nitrogen and oxygen atoms in total. The number of hydrogen-bond acceptors (Lipinski definition) is 6. The van der Waals surface area contributed by atoms with Gasteiger partial charge in [-0.3, -0.25) is 9.59 Å². The monoisotopic (exact) mass is 404 g/mol. The number of carbonyl (C=O) groups excluding carboxylic acids is 2. The second-order valence-corrected chi connectivity index (χ2v) is 8.49. The summed E-state index contributed by atoms with van der Waals surface area (Å²) in [6.45, 7) is 1.41. The van der Waals surface area contributed by atoms with Crippen LogP contribution in [0, 0.1) is 0 Å². The summed E-state index contributed by atoms with van der Waals surface area (Å²) in [5.41, 5.74) is 1.61. The molecular weight excluding hydrogens is 388 g/mol. The third kappa shape index (κ3) is 4.30. The molecule has 0 saturated carbocycles. The van der Waals surface area contributed by atoms with Gasteiger partial charge < -0.3 is 10.6 Å². The van der Waals surface area contributed by atoms with E-state index in [4.69, 9.17) is 0 Å². The smallest absolute Gasteiger partial charge is 0.255 e. The van der Waals surface area contributed by atoms with E-state index in [0.29, 0.717) is 21.9 Å². The van der Waals surface area contributed by atoms with E-state index >= 15 is 0 Å². The third-order valence-electron chi connectivity index (χ3n) is 3.62. The molecule has 0 atom stereocenters. The zero-order chi connectivity index (χ0) is 19.6. The Labute approximate surface area is 159 Å². The topological polar surface area (TPSA) is 117 Å². The van der Waals surface area contributed by atoms with Gasteiger partial charge in [0.05, 0.1) is 15.1 Å². The maximum absolute atomic E-state index is 12.4. The van der Waals surface area contributed by atoms with Gasteiger partial charge in [0.1, 0.15) is 0 Å². The number of thiazole rings is 1. The van der Waals surface area contributed by atoms with Gasteiger partial charge in [0.15, 0.2) is 5.13 Å². The number of nitrogens with one attached hydrogen (secondary N) is 3. The normalized spacial score (nSPS) is 11.3. The molecule has 2 amide bonds. The Morgan fingerprint density at radius 1 is 1.04 bits per heavy atom. The number of sulfonamides is 1. The lowest BCUT2D eigenvalue weighted by Gasteiger charge is -2.06. The zero-order valence-corrected chi connectivity index (χ0v) is 16.1. The van der Waals surface area contributed by atoms with E-state index in [0.717, 1.165) is 4.70 Å². The van der Waals surface area contributed by atoms with Gasteiger partial charge >= 0.3 is 0 Å². The van der Waals surface area contributed by atoms with Gasteiger partial charge in [-0.25, -0.2) is 18.1 Å². The lowest BCUT2D eigenvalue weighted by atomic mass is 10.2. The van der Waals surface area contributed by atoms with Crippen molar-refractivity contribution in [3.8, 4) is 0 Å². The van der Waals surface area contributed by atoms with Crippen LogP contribution in [0.15, 0.2) is 47.4 Å². The number of hydrogen-bond donors (Lipinski definition) is 3. The van der Waals surface area contributed by atoms with Gasteiger partial charge in [0.25, 0.3) is 5.91 Å². The molecule has 3 aromatic rings. The maximum atomic E-state index is 12.4. The highest BCUT2D eigenvalue weighted by molar-refractivity contribution is 7.89. The third-order valence-corrected chi connectivity index (χ3v) is 5.99. The summed E-state index contributed by atoms with van der Waals surface area (Å²) in [7, 11) is -2.23. The highest BCUT2D eigenvalue weighted by atomic mass is 32.2. The summed E-state index contributed by atoms with van der Waals surface area (Å²) in [4.78, 5) is 27.9. The SMILES string of the molecule is CNS(=O)(=O)c1ccc(C(=O)Nc2ccc3nc(NC(C)=O)sc3c2)cc1. The molecule has 1 heterocycles. The molecule has 0 spiro atoms. The fraction of sp³-hybridized carbons (Fsp3) is 0.118. The van der Waals surface area contributed by atoms with E-state index < -0.39 is 10.0 Å². The lowest BCUT2D eigenvalue weighted by Crippen LogP contribution is -2.19. The number of amides is 2. The second-order valence-electron chi connectivity index (χ2n) is 5.57. The van der Waals surface area contributed by atoms with Crippen molar-refractivity contribution in [1.29, 1.82) is 0 Å². The second kappa shape index (κ2) is 7.43. The molecule has 0 aliphatic rings. The van der Waals surface area contributed by atoms with Crippen LogP contribution in [0.3, 0.4) is 0 Å². The number of rotatable bonds is 5. The minimum Gasteiger partial charge on any atom is -0.322 e. The molecule has 1 aromatic heterocycles. The molecule has 140 valence electrons. The Balaban J connectivity index is 1.78. The largest absolute Gasteiger partial charge is 0.322 e. The number of anilines is 2. The van der Waals surface area contributed by atoms with Gasteiger partial charge in [-0.2, -0.15) is 0 Å². The van der Waals surface area contributed by atoms with Crippen molar-refractivity contribution in [2.24, 2.45) is 0 Å². The predicted molar refractivity (Wildman–Crippen MR) is 105 cm³/mol. The van der Waals surface area contributed by atoms with Crippen LogP contribution in [0.5, 0.6) is 0 Å². The number of fused-ring (bicyclic) bond motifs is 1. The summed E-state index contributed by atoms with van der Waals surface area (Å²) in [5, 5.41) is 5.88. The summed E-state index contributed by atoms with van der Waals surface area (Å²) in [6.07, 6.45) is 0. The standard InChI is InChI=1S/C17H16N4O4S2/c1-10(22)19-17-21-14-8-5-12(9-15(14)26-17)20-16(23)11-3-6-13(7-4-11)27(24,25)18-2/h3-9,18H,1-2H3,(H,20,23)(H,19,21,22). The molecule has 3 N–H and O–H groups in total. The fourth-order valence-electron chi connectivity index (χ4n) is 2.31. The summed E-state index contributed by atoms with van der Waals surface area (Å²) in [5.74, 6) is -0.569. The minimum absolute atomic E-state index is 0.0816. The Bertz CT molecular complexity index is 1120. The molecule has 0 fully saturated rings. The summed E-state index contributed by atoms with van der Waals surface area (Å²) >= 11 is 1.30. The number of aromatic nitrogens is 1. The first-order valence-corrected chi connectivity index (χ1v) is 10.1. The molecule has 0 aliphatic carbocycles.